The summed E-state index contributed by atoms with van der Waals surface area (Å²) in [5.41, 5.74) is 0.0887. The fraction of sp³-hybridized carbons (Fsp3) is 0.438. The van der Waals surface area contributed by atoms with Crippen molar-refractivity contribution in [2.24, 2.45) is 5.92 Å². The molecule has 2 rings (SSSR count). The molecule has 8 heteroatoms. The van der Waals surface area contributed by atoms with Crippen molar-refractivity contribution < 1.29 is 28.6 Å². The number of halogens is 1. The molecule has 1 aromatic rings. The number of nitrogens with one attached hydrogen (secondary N) is 1. The third-order valence-corrected chi connectivity index (χ3v) is 4.01. The molecule has 1 saturated heterocycles. The molecule has 24 heavy (non-hydrogen) atoms. The maximum atomic E-state index is 13.8. The highest BCUT2D eigenvalue weighted by atomic mass is 19.1. The SMILES string of the molecule is CCN1CC(C(=O)NC(C(=O)O)c2ccc(OC)c(F)c2)CC1=O. The van der Waals surface area contributed by atoms with Crippen LogP contribution in [0.5, 0.6) is 5.75 Å². The molecule has 0 bridgehead atoms. The van der Waals surface area contributed by atoms with E-state index >= 15 is 0 Å². The molecule has 2 amide bonds. The van der Waals surface area contributed by atoms with E-state index in [2.05, 4.69) is 5.32 Å². The Balaban J connectivity index is 2.14. The summed E-state index contributed by atoms with van der Waals surface area (Å²) in [5.74, 6) is -3.34. The Kier molecular flexibility index (Phi) is 5.38. The molecule has 2 N–H and O–H groups in total. The van der Waals surface area contributed by atoms with Gasteiger partial charge in [-0.2, -0.15) is 0 Å². The normalized spacial score (nSPS) is 18.4. The Hall–Kier alpha value is -2.64. The third kappa shape index (κ3) is 3.64. The summed E-state index contributed by atoms with van der Waals surface area (Å²) in [4.78, 5) is 37.0. The van der Waals surface area contributed by atoms with Crippen molar-refractivity contribution in [1.82, 2.24) is 10.2 Å². The number of benzene rings is 1. The van der Waals surface area contributed by atoms with Crippen molar-refractivity contribution >= 4 is 17.8 Å². The number of amides is 2. The molecule has 2 unspecified atom stereocenters. The minimum Gasteiger partial charge on any atom is -0.494 e. The molecule has 0 aliphatic carbocycles. The molecule has 0 aromatic heterocycles. The predicted octanol–water partition coefficient (Wildman–Crippen LogP) is 0.945. The number of likely N-dealkylation sites (tertiary alicyclic amines) is 1. The van der Waals surface area contributed by atoms with E-state index in [9.17, 15) is 23.9 Å². The number of rotatable bonds is 6. The van der Waals surface area contributed by atoms with Gasteiger partial charge in [0.1, 0.15) is 0 Å². The summed E-state index contributed by atoms with van der Waals surface area (Å²) in [6, 6.07) is 2.28. The molecule has 0 spiro atoms. The van der Waals surface area contributed by atoms with E-state index in [-0.39, 0.29) is 30.2 Å². The third-order valence-electron chi connectivity index (χ3n) is 4.01. The second-order valence-electron chi connectivity index (χ2n) is 5.51. The summed E-state index contributed by atoms with van der Waals surface area (Å²) >= 11 is 0. The largest absolute Gasteiger partial charge is 0.494 e. The van der Waals surface area contributed by atoms with E-state index in [0.29, 0.717) is 6.54 Å². The van der Waals surface area contributed by atoms with Crippen molar-refractivity contribution in [3.05, 3.63) is 29.6 Å². The van der Waals surface area contributed by atoms with E-state index in [0.717, 1.165) is 6.07 Å². The smallest absolute Gasteiger partial charge is 0.330 e. The predicted molar refractivity (Wildman–Crippen MR) is 81.8 cm³/mol. The van der Waals surface area contributed by atoms with Crippen LogP contribution < -0.4 is 10.1 Å². The second kappa shape index (κ2) is 7.29. The molecule has 1 fully saturated rings. The Morgan fingerprint density at radius 2 is 2.21 bits per heavy atom. The first-order valence-corrected chi connectivity index (χ1v) is 7.51. The van der Waals surface area contributed by atoms with E-state index in [1.165, 1.54) is 24.1 Å². The van der Waals surface area contributed by atoms with Crippen LogP contribution in [0.3, 0.4) is 0 Å². The Morgan fingerprint density at radius 1 is 1.50 bits per heavy atom. The van der Waals surface area contributed by atoms with Gasteiger partial charge in [-0.15, -0.1) is 0 Å². The molecule has 130 valence electrons. The molecule has 1 aromatic carbocycles. The van der Waals surface area contributed by atoms with E-state index in [1.54, 1.807) is 6.92 Å². The zero-order valence-electron chi connectivity index (χ0n) is 13.4. The van der Waals surface area contributed by atoms with Gasteiger partial charge in [0.05, 0.1) is 13.0 Å². The van der Waals surface area contributed by atoms with Gasteiger partial charge in [0.25, 0.3) is 0 Å². The Morgan fingerprint density at radius 3 is 2.71 bits per heavy atom. The van der Waals surface area contributed by atoms with Crippen LogP contribution in [0.1, 0.15) is 24.9 Å². The second-order valence-corrected chi connectivity index (χ2v) is 5.51. The number of aliphatic carboxylic acids is 1. The number of nitrogens with zero attached hydrogens (tertiary/aromatic N) is 1. The lowest BCUT2D eigenvalue weighted by molar-refractivity contribution is -0.142. The van der Waals surface area contributed by atoms with E-state index < -0.39 is 29.7 Å². The summed E-state index contributed by atoms with van der Waals surface area (Å²) in [6.07, 6.45) is 0.0446. The van der Waals surface area contributed by atoms with Crippen LogP contribution in [0, 0.1) is 11.7 Å². The Labute approximate surface area is 138 Å². The van der Waals surface area contributed by atoms with Crippen molar-refractivity contribution in [2.45, 2.75) is 19.4 Å². The molecule has 1 aliphatic rings. The van der Waals surface area contributed by atoms with Gasteiger partial charge in [0, 0.05) is 19.5 Å². The zero-order chi connectivity index (χ0) is 17.9. The van der Waals surface area contributed by atoms with Crippen LogP contribution in [0.25, 0.3) is 0 Å². The van der Waals surface area contributed by atoms with Gasteiger partial charge in [0.2, 0.25) is 11.8 Å². The summed E-state index contributed by atoms with van der Waals surface area (Å²) in [7, 11) is 1.30. The van der Waals surface area contributed by atoms with Gasteiger partial charge >= 0.3 is 5.97 Å². The fourth-order valence-corrected chi connectivity index (χ4v) is 2.66. The van der Waals surface area contributed by atoms with Crippen LogP contribution in [-0.4, -0.2) is 48.0 Å². The first-order valence-electron chi connectivity index (χ1n) is 7.51. The average molecular weight is 338 g/mol. The van der Waals surface area contributed by atoms with Crippen molar-refractivity contribution in [3.8, 4) is 5.75 Å². The van der Waals surface area contributed by atoms with Gasteiger partial charge in [-0.3, -0.25) is 9.59 Å². The van der Waals surface area contributed by atoms with Crippen LogP contribution >= 0.6 is 0 Å². The monoisotopic (exact) mass is 338 g/mol. The van der Waals surface area contributed by atoms with Gasteiger partial charge in [-0.25, -0.2) is 9.18 Å². The molecular formula is C16H19FN2O5. The molecular weight excluding hydrogens is 319 g/mol. The standard InChI is InChI=1S/C16H19FN2O5/c1-3-19-8-10(7-13(19)20)15(21)18-14(16(22)23)9-4-5-12(24-2)11(17)6-9/h4-6,10,14H,3,7-8H2,1-2H3,(H,18,21)(H,22,23). The fourth-order valence-electron chi connectivity index (χ4n) is 2.66. The maximum Gasteiger partial charge on any atom is 0.330 e. The topological polar surface area (TPSA) is 95.9 Å². The number of carboxylic acid groups (broad SMARTS) is 1. The van der Waals surface area contributed by atoms with Crippen LogP contribution in [0.2, 0.25) is 0 Å². The minimum absolute atomic E-state index is 0.0193. The lowest BCUT2D eigenvalue weighted by atomic mass is 10.0. The quantitative estimate of drug-likeness (QED) is 0.805. The molecule has 1 aliphatic heterocycles. The van der Waals surface area contributed by atoms with Gasteiger partial charge < -0.3 is 20.1 Å². The first-order chi connectivity index (χ1) is 11.4. The molecule has 0 radical (unpaired) electrons. The van der Waals surface area contributed by atoms with Gasteiger partial charge in [-0.05, 0) is 24.6 Å². The highest BCUT2D eigenvalue weighted by molar-refractivity contribution is 5.91. The van der Waals surface area contributed by atoms with Crippen molar-refractivity contribution in [1.29, 1.82) is 0 Å². The van der Waals surface area contributed by atoms with Gasteiger partial charge in [0.15, 0.2) is 17.6 Å². The molecule has 7 nitrogen and oxygen atoms in total. The molecule has 0 saturated carbocycles. The number of carboxylic acids is 1. The number of ether oxygens (including phenoxy) is 1. The first kappa shape index (κ1) is 17.7. The minimum atomic E-state index is -1.40. The summed E-state index contributed by atoms with van der Waals surface area (Å²) < 4.78 is 18.6. The lowest BCUT2D eigenvalue weighted by Gasteiger charge is -2.18. The average Bonchev–Trinajstić information content (AvgIpc) is 2.93. The molecule has 2 atom stereocenters. The molecule has 1 heterocycles. The summed E-state index contributed by atoms with van der Waals surface area (Å²) in [6.45, 7) is 2.55. The Bertz CT molecular complexity index is 664. The number of hydrogen-bond acceptors (Lipinski definition) is 4. The zero-order valence-corrected chi connectivity index (χ0v) is 13.4. The van der Waals surface area contributed by atoms with E-state index in [1.807, 2.05) is 0 Å². The van der Waals surface area contributed by atoms with Crippen LogP contribution in [0.15, 0.2) is 18.2 Å². The number of carbonyl (C=O) groups excluding carboxylic acids is 2. The van der Waals surface area contributed by atoms with Gasteiger partial charge in [-0.1, -0.05) is 6.07 Å². The number of methoxy groups -OCH3 is 1. The number of carbonyl (C=O) groups is 3. The maximum absolute atomic E-state index is 13.8. The highest BCUT2D eigenvalue weighted by Crippen LogP contribution is 2.24. The lowest BCUT2D eigenvalue weighted by Crippen LogP contribution is -2.38. The number of hydrogen-bond donors (Lipinski definition) is 2. The van der Waals surface area contributed by atoms with Crippen LogP contribution in [-0.2, 0) is 14.4 Å². The van der Waals surface area contributed by atoms with E-state index in [4.69, 9.17) is 4.74 Å². The van der Waals surface area contributed by atoms with Crippen molar-refractivity contribution in [3.63, 3.8) is 0 Å². The van der Waals surface area contributed by atoms with Crippen molar-refractivity contribution in [2.75, 3.05) is 20.2 Å². The summed E-state index contributed by atoms with van der Waals surface area (Å²) in [5, 5.41) is 11.7. The van der Waals surface area contributed by atoms with Crippen LogP contribution in [0.4, 0.5) is 4.39 Å². The highest BCUT2D eigenvalue weighted by Gasteiger charge is 2.35.